The van der Waals surface area contributed by atoms with Crippen LogP contribution in [0.1, 0.15) is 60.4 Å². The van der Waals surface area contributed by atoms with Crippen LogP contribution in [0.3, 0.4) is 0 Å². The van der Waals surface area contributed by atoms with E-state index < -0.39 is 11.2 Å². The third kappa shape index (κ3) is 3.53. The molecule has 1 N–H and O–H groups in total. The molecule has 0 unspecified atom stereocenters. The number of thioether (sulfide) groups is 1. The van der Waals surface area contributed by atoms with Gasteiger partial charge in [-0.25, -0.2) is 19.4 Å². The fourth-order valence-electron chi connectivity index (χ4n) is 4.21. The Kier molecular flexibility index (Phi) is 4.88. The number of aryl methyl sites for hydroxylation is 1. The van der Waals surface area contributed by atoms with E-state index in [4.69, 9.17) is 4.98 Å². The molecule has 3 heterocycles. The third-order valence-electron chi connectivity index (χ3n) is 6.24. The van der Waals surface area contributed by atoms with Crippen LogP contribution in [0, 0.1) is 18.3 Å². The summed E-state index contributed by atoms with van der Waals surface area (Å²) in [6.07, 6.45) is 3.80. The van der Waals surface area contributed by atoms with Crippen LogP contribution in [0.25, 0.3) is 16.7 Å². The topological polar surface area (TPSA) is 122 Å². The van der Waals surface area contributed by atoms with E-state index in [0.29, 0.717) is 38.9 Å². The lowest BCUT2D eigenvalue weighted by atomic mass is 10.2. The van der Waals surface area contributed by atoms with E-state index in [9.17, 15) is 14.9 Å². The molecule has 6 rings (SSSR count). The fraction of sp³-hybridized carbons (Fsp3) is 0.333. The van der Waals surface area contributed by atoms with Crippen molar-refractivity contribution in [2.45, 2.75) is 55.3 Å². The van der Waals surface area contributed by atoms with Crippen molar-refractivity contribution in [2.75, 3.05) is 0 Å². The first kappa shape index (κ1) is 20.9. The molecular weight excluding hydrogens is 450 g/mol. The summed E-state index contributed by atoms with van der Waals surface area (Å²) in [5.41, 5.74) is 2.28. The monoisotopic (exact) mass is 471 g/mol. The number of para-hydroxylation sites is 1. The van der Waals surface area contributed by atoms with Gasteiger partial charge in [0.2, 0.25) is 0 Å². The number of nitrogens with zero attached hydrogens (tertiary/aromatic N) is 6. The highest BCUT2D eigenvalue weighted by Gasteiger charge is 2.32. The van der Waals surface area contributed by atoms with E-state index in [1.165, 1.54) is 11.8 Å². The molecule has 0 saturated heterocycles. The lowest BCUT2D eigenvalue weighted by molar-refractivity contribution is 0.691. The van der Waals surface area contributed by atoms with E-state index in [1.54, 1.807) is 9.25 Å². The summed E-state index contributed by atoms with van der Waals surface area (Å²) in [4.78, 5) is 37.4. The fourth-order valence-corrected chi connectivity index (χ4v) is 5.23. The minimum Gasteiger partial charge on any atom is -0.274 e. The molecule has 0 aliphatic heterocycles. The molecule has 0 radical (unpaired) electrons. The zero-order chi connectivity index (χ0) is 23.4. The van der Waals surface area contributed by atoms with Gasteiger partial charge in [-0.1, -0.05) is 30.0 Å². The highest BCUT2D eigenvalue weighted by atomic mass is 32.2. The number of hydrogen-bond donors (Lipinski definition) is 1. The maximum atomic E-state index is 12.9. The Morgan fingerprint density at radius 3 is 2.59 bits per heavy atom. The third-order valence-corrected chi connectivity index (χ3v) is 7.22. The number of aromatic amines is 1. The van der Waals surface area contributed by atoms with Crippen LogP contribution < -0.4 is 11.2 Å². The van der Waals surface area contributed by atoms with Crippen LogP contribution in [-0.4, -0.2) is 29.3 Å². The lowest BCUT2D eigenvalue weighted by Gasteiger charge is -2.12. The minimum absolute atomic E-state index is 0.0685. The molecule has 0 amide bonds. The molecule has 9 nitrogen and oxygen atoms in total. The van der Waals surface area contributed by atoms with Crippen molar-refractivity contribution in [3.05, 3.63) is 73.9 Å². The Bertz CT molecular complexity index is 1590. The maximum absolute atomic E-state index is 12.9. The molecule has 1 aromatic carbocycles. The molecule has 2 saturated carbocycles. The average molecular weight is 472 g/mol. The molecule has 170 valence electrons. The molecule has 4 aromatic rings. The lowest BCUT2D eigenvalue weighted by Crippen LogP contribution is -2.31. The zero-order valence-corrected chi connectivity index (χ0v) is 19.3. The Morgan fingerprint density at radius 2 is 1.91 bits per heavy atom. The zero-order valence-electron chi connectivity index (χ0n) is 18.5. The van der Waals surface area contributed by atoms with Crippen LogP contribution in [0.15, 0.2) is 44.9 Å². The first-order valence-corrected chi connectivity index (χ1v) is 12.3. The van der Waals surface area contributed by atoms with Crippen molar-refractivity contribution >= 4 is 22.8 Å². The number of benzene rings is 1. The minimum atomic E-state index is -0.477. The average Bonchev–Trinajstić information content (AvgIpc) is 3.75. The quantitative estimate of drug-likeness (QED) is 0.338. The smallest absolute Gasteiger partial charge is 0.274 e. The van der Waals surface area contributed by atoms with Gasteiger partial charge in [0.25, 0.3) is 5.56 Å². The summed E-state index contributed by atoms with van der Waals surface area (Å²) in [5, 5.41) is 15.3. The van der Waals surface area contributed by atoms with Crippen LogP contribution >= 0.6 is 11.8 Å². The van der Waals surface area contributed by atoms with Gasteiger partial charge in [0.15, 0.2) is 5.65 Å². The molecule has 2 fully saturated rings. The summed E-state index contributed by atoms with van der Waals surface area (Å²) in [6, 6.07) is 12.0. The highest BCUT2D eigenvalue weighted by Crippen LogP contribution is 2.41. The number of rotatable bonds is 6. The van der Waals surface area contributed by atoms with E-state index >= 15 is 0 Å². The molecule has 2 aliphatic rings. The van der Waals surface area contributed by atoms with Gasteiger partial charge < -0.3 is 0 Å². The second-order valence-corrected chi connectivity index (χ2v) is 9.74. The molecule has 0 atom stereocenters. The molecular formula is C24H21N7O2S. The van der Waals surface area contributed by atoms with Crippen molar-refractivity contribution in [1.82, 2.24) is 29.3 Å². The molecule has 0 bridgehead atoms. The Labute approximate surface area is 198 Å². The molecule has 2 aliphatic carbocycles. The van der Waals surface area contributed by atoms with Gasteiger partial charge in [-0.3, -0.25) is 14.3 Å². The van der Waals surface area contributed by atoms with E-state index in [0.717, 1.165) is 37.1 Å². The number of H-pyrrole nitrogens is 1. The van der Waals surface area contributed by atoms with Crippen LogP contribution in [0.2, 0.25) is 0 Å². The molecule has 3 aromatic heterocycles. The first-order valence-electron chi connectivity index (χ1n) is 11.3. The maximum Gasteiger partial charge on any atom is 0.330 e. The largest absolute Gasteiger partial charge is 0.330 e. The van der Waals surface area contributed by atoms with Gasteiger partial charge in [0.1, 0.15) is 22.3 Å². The van der Waals surface area contributed by atoms with Crippen LogP contribution in [0.4, 0.5) is 0 Å². The number of nitrogens with one attached hydrogen (secondary N) is 1. The van der Waals surface area contributed by atoms with Gasteiger partial charge in [-0.2, -0.15) is 10.4 Å². The van der Waals surface area contributed by atoms with Gasteiger partial charge in [-0.05, 0) is 44.7 Å². The molecule has 0 spiro atoms. The predicted molar refractivity (Wildman–Crippen MR) is 127 cm³/mol. The summed E-state index contributed by atoms with van der Waals surface area (Å²) in [6.45, 7) is 1.82. The molecule has 10 heteroatoms. The summed E-state index contributed by atoms with van der Waals surface area (Å²) >= 11 is 1.38. The van der Waals surface area contributed by atoms with Gasteiger partial charge in [-0.15, -0.1) is 0 Å². The second-order valence-electron chi connectivity index (χ2n) is 8.78. The summed E-state index contributed by atoms with van der Waals surface area (Å²) < 4.78 is 3.39. The number of fused-ring (bicyclic) bond motifs is 1. The van der Waals surface area contributed by atoms with Crippen molar-refractivity contribution in [3.8, 4) is 11.8 Å². The highest BCUT2D eigenvalue weighted by molar-refractivity contribution is 7.98. The predicted octanol–water partition coefficient (Wildman–Crippen LogP) is 3.35. The second kappa shape index (κ2) is 7.95. The number of hydrogen-bond acceptors (Lipinski definition) is 7. The Balaban J connectivity index is 1.48. The van der Waals surface area contributed by atoms with Crippen LogP contribution in [0.5, 0.6) is 0 Å². The summed E-state index contributed by atoms with van der Waals surface area (Å²) in [7, 11) is 0. The normalized spacial score (nSPS) is 15.5. The van der Waals surface area contributed by atoms with E-state index in [2.05, 4.69) is 21.1 Å². The summed E-state index contributed by atoms with van der Waals surface area (Å²) in [5.74, 6) is 1.33. The SMILES string of the molecule is Cc1nn(-c2ccccc2)c(CSc2nc(C3CC3)nc3c2c(=O)[nH]c(=O)n3C2CC2)c1C#N. The van der Waals surface area contributed by atoms with Crippen molar-refractivity contribution in [1.29, 1.82) is 5.26 Å². The number of aromatic nitrogens is 6. The van der Waals surface area contributed by atoms with Gasteiger partial charge in [0, 0.05) is 17.7 Å². The van der Waals surface area contributed by atoms with Gasteiger partial charge in [0.05, 0.1) is 22.6 Å². The van der Waals surface area contributed by atoms with E-state index in [-0.39, 0.29) is 12.0 Å². The first-order chi connectivity index (χ1) is 16.5. The number of nitriles is 1. The van der Waals surface area contributed by atoms with Crippen molar-refractivity contribution in [3.63, 3.8) is 0 Å². The van der Waals surface area contributed by atoms with Gasteiger partial charge >= 0.3 is 5.69 Å². The van der Waals surface area contributed by atoms with E-state index in [1.807, 2.05) is 37.3 Å². The Morgan fingerprint density at radius 1 is 1.15 bits per heavy atom. The standard InChI is InChI=1S/C24H21N7O2S/c1-13-17(11-25)18(31(29-13)16-5-3-2-4-6-16)12-34-23-19-21(26-20(27-23)14-7-8-14)30(15-9-10-15)24(33)28-22(19)32/h2-6,14-15H,7-10,12H2,1H3,(H,28,32,33). The van der Waals surface area contributed by atoms with Crippen molar-refractivity contribution in [2.24, 2.45) is 0 Å². The van der Waals surface area contributed by atoms with Crippen LogP contribution in [-0.2, 0) is 5.75 Å². The van der Waals surface area contributed by atoms with Crippen molar-refractivity contribution < 1.29 is 0 Å². The Hall–Kier alpha value is -3.71. The molecule has 34 heavy (non-hydrogen) atoms.